The Bertz CT molecular complexity index is 1330. The summed E-state index contributed by atoms with van der Waals surface area (Å²) in [4.78, 5) is 24.0. The Morgan fingerprint density at radius 1 is 1.06 bits per heavy atom. The summed E-state index contributed by atoms with van der Waals surface area (Å²) in [5.74, 6) is 1.28. The molecule has 0 radical (unpaired) electrons. The van der Waals surface area contributed by atoms with Gasteiger partial charge in [-0.15, -0.1) is 0 Å². The molecule has 1 aliphatic rings. The Kier molecular flexibility index (Phi) is 6.58. The number of carbonyl (C=O) groups excluding carboxylic acids is 1. The number of carbonyl (C=O) groups is 1. The quantitative estimate of drug-likeness (QED) is 0.424. The van der Waals surface area contributed by atoms with Crippen LogP contribution in [0.15, 0.2) is 54.7 Å². The van der Waals surface area contributed by atoms with Gasteiger partial charge in [0.1, 0.15) is 5.82 Å². The Balaban J connectivity index is 1.46. The number of hydrogen-bond donors (Lipinski definition) is 2. The third-order valence-electron chi connectivity index (χ3n) is 6.01. The number of aromatic nitrogens is 4. The van der Waals surface area contributed by atoms with Gasteiger partial charge in [-0.25, -0.2) is 4.98 Å². The molecule has 1 fully saturated rings. The summed E-state index contributed by atoms with van der Waals surface area (Å²) in [6, 6.07) is 15.6. The molecule has 180 valence electrons. The molecule has 2 N–H and O–H groups in total. The standard InChI is InChI=1S/C26H29N7O2/c1-3-10-27-25(34)18-6-8-21(9-7-18)29-24-16-22(30-26(31-24)33-11-13-35-14-12-33)19-4-5-20-17-28-32(2)23(20)15-19/h4-9,15-17H,3,10-14H2,1-2H3,(H,27,34)(H,29,30,31). The van der Waals surface area contributed by atoms with Crippen LogP contribution < -0.4 is 15.5 Å². The third kappa shape index (κ3) is 5.09. The summed E-state index contributed by atoms with van der Waals surface area (Å²) >= 11 is 0. The Hall–Kier alpha value is -3.98. The van der Waals surface area contributed by atoms with Crippen molar-refractivity contribution in [3.8, 4) is 11.3 Å². The minimum atomic E-state index is -0.0668. The first-order valence-corrected chi connectivity index (χ1v) is 11.9. The van der Waals surface area contributed by atoms with Gasteiger partial charge in [0.2, 0.25) is 5.95 Å². The minimum Gasteiger partial charge on any atom is -0.378 e. The van der Waals surface area contributed by atoms with E-state index >= 15 is 0 Å². The number of benzene rings is 2. The van der Waals surface area contributed by atoms with Crippen molar-refractivity contribution in [3.63, 3.8) is 0 Å². The molecule has 4 aromatic rings. The van der Waals surface area contributed by atoms with E-state index in [1.54, 1.807) is 0 Å². The van der Waals surface area contributed by atoms with Gasteiger partial charge < -0.3 is 20.3 Å². The number of nitrogens with zero attached hydrogens (tertiary/aromatic N) is 5. The van der Waals surface area contributed by atoms with Crippen molar-refractivity contribution < 1.29 is 9.53 Å². The normalized spacial score (nSPS) is 13.7. The highest BCUT2D eigenvalue weighted by molar-refractivity contribution is 5.94. The Labute approximate surface area is 204 Å². The first-order valence-electron chi connectivity index (χ1n) is 11.9. The molecule has 2 aromatic carbocycles. The predicted octanol–water partition coefficient (Wildman–Crippen LogP) is 3.75. The van der Waals surface area contributed by atoms with Crippen molar-refractivity contribution in [2.24, 2.45) is 7.05 Å². The van der Waals surface area contributed by atoms with Crippen LogP contribution in [-0.2, 0) is 11.8 Å². The molecule has 0 bridgehead atoms. The molecule has 0 saturated carbocycles. The zero-order valence-electron chi connectivity index (χ0n) is 20.0. The topological polar surface area (TPSA) is 97.2 Å². The van der Waals surface area contributed by atoms with E-state index in [2.05, 4.69) is 38.8 Å². The zero-order chi connectivity index (χ0) is 24.2. The van der Waals surface area contributed by atoms with Crippen LogP contribution in [-0.4, -0.2) is 58.5 Å². The van der Waals surface area contributed by atoms with Gasteiger partial charge in [0.15, 0.2) is 0 Å². The average Bonchev–Trinajstić information content (AvgIpc) is 3.28. The number of aryl methyl sites for hydroxylation is 1. The van der Waals surface area contributed by atoms with E-state index in [4.69, 9.17) is 14.7 Å². The number of nitrogens with one attached hydrogen (secondary N) is 2. The van der Waals surface area contributed by atoms with Crippen LogP contribution in [0.4, 0.5) is 17.5 Å². The van der Waals surface area contributed by atoms with Gasteiger partial charge in [0.25, 0.3) is 5.91 Å². The van der Waals surface area contributed by atoms with Gasteiger partial charge >= 0.3 is 0 Å². The highest BCUT2D eigenvalue weighted by Crippen LogP contribution is 2.28. The summed E-state index contributed by atoms with van der Waals surface area (Å²) in [6.45, 7) is 5.48. The summed E-state index contributed by atoms with van der Waals surface area (Å²) in [5, 5.41) is 11.7. The number of ether oxygens (including phenoxy) is 1. The number of anilines is 3. The van der Waals surface area contributed by atoms with Gasteiger partial charge in [-0.1, -0.05) is 19.1 Å². The van der Waals surface area contributed by atoms with Crippen molar-refractivity contribution in [1.82, 2.24) is 25.1 Å². The van der Waals surface area contributed by atoms with E-state index in [1.807, 2.05) is 55.2 Å². The lowest BCUT2D eigenvalue weighted by molar-refractivity contribution is 0.0953. The molecule has 0 unspecified atom stereocenters. The van der Waals surface area contributed by atoms with Gasteiger partial charge in [0, 0.05) is 54.9 Å². The lowest BCUT2D eigenvalue weighted by Crippen LogP contribution is -2.37. The molecule has 9 nitrogen and oxygen atoms in total. The average molecular weight is 472 g/mol. The summed E-state index contributed by atoms with van der Waals surface area (Å²) in [6.07, 6.45) is 2.76. The molecule has 1 amide bonds. The first-order chi connectivity index (χ1) is 17.1. The highest BCUT2D eigenvalue weighted by atomic mass is 16.5. The molecule has 2 aromatic heterocycles. The van der Waals surface area contributed by atoms with Crippen LogP contribution in [0.2, 0.25) is 0 Å². The molecular formula is C26H29N7O2. The van der Waals surface area contributed by atoms with E-state index < -0.39 is 0 Å². The van der Waals surface area contributed by atoms with Gasteiger partial charge in [-0.2, -0.15) is 10.1 Å². The number of hydrogen-bond acceptors (Lipinski definition) is 7. The summed E-state index contributed by atoms with van der Waals surface area (Å²) in [5.41, 5.74) is 4.33. The van der Waals surface area contributed by atoms with E-state index in [1.165, 1.54) is 0 Å². The van der Waals surface area contributed by atoms with Crippen LogP contribution in [0, 0.1) is 0 Å². The fraction of sp³-hybridized carbons (Fsp3) is 0.308. The fourth-order valence-corrected chi connectivity index (χ4v) is 4.05. The summed E-state index contributed by atoms with van der Waals surface area (Å²) in [7, 11) is 1.93. The maximum Gasteiger partial charge on any atom is 0.251 e. The number of morpholine rings is 1. The monoisotopic (exact) mass is 471 g/mol. The molecule has 0 atom stereocenters. The molecular weight excluding hydrogens is 442 g/mol. The second kappa shape index (κ2) is 10.1. The van der Waals surface area contributed by atoms with Crippen molar-refractivity contribution in [3.05, 3.63) is 60.3 Å². The van der Waals surface area contributed by atoms with Crippen LogP contribution in [0.3, 0.4) is 0 Å². The molecule has 9 heteroatoms. The lowest BCUT2D eigenvalue weighted by atomic mass is 10.1. The van der Waals surface area contributed by atoms with Crippen LogP contribution in [0.1, 0.15) is 23.7 Å². The second-order valence-electron chi connectivity index (χ2n) is 8.54. The Morgan fingerprint density at radius 2 is 1.86 bits per heavy atom. The molecule has 5 rings (SSSR count). The molecule has 3 heterocycles. The van der Waals surface area contributed by atoms with Gasteiger partial charge in [-0.3, -0.25) is 9.48 Å². The smallest absolute Gasteiger partial charge is 0.251 e. The van der Waals surface area contributed by atoms with Crippen LogP contribution in [0.5, 0.6) is 0 Å². The van der Waals surface area contributed by atoms with Crippen LogP contribution in [0.25, 0.3) is 22.2 Å². The zero-order valence-corrected chi connectivity index (χ0v) is 20.0. The molecule has 0 spiro atoms. The number of rotatable bonds is 7. The third-order valence-corrected chi connectivity index (χ3v) is 6.01. The molecule has 35 heavy (non-hydrogen) atoms. The lowest BCUT2D eigenvalue weighted by Gasteiger charge is -2.27. The highest BCUT2D eigenvalue weighted by Gasteiger charge is 2.17. The summed E-state index contributed by atoms with van der Waals surface area (Å²) < 4.78 is 7.38. The van der Waals surface area contributed by atoms with E-state index in [-0.39, 0.29) is 5.91 Å². The largest absolute Gasteiger partial charge is 0.378 e. The van der Waals surface area contributed by atoms with Gasteiger partial charge in [0.05, 0.1) is 30.6 Å². The second-order valence-corrected chi connectivity index (χ2v) is 8.54. The number of fused-ring (bicyclic) bond motifs is 1. The van der Waals surface area contributed by atoms with E-state index in [9.17, 15) is 4.79 Å². The SMILES string of the molecule is CCCNC(=O)c1ccc(Nc2cc(-c3ccc4cnn(C)c4c3)nc(N3CCOCC3)n2)cc1. The minimum absolute atomic E-state index is 0.0668. The predicted molar refractivity (Wildman–Crippen MR) is 137 cm³/mol. The maximum absolute atomic E-state index is 12.2. The van der Waals surface area contributed by atoms with Crippen molar-refractivity contribution in [1.29, 1.82) is 0 Å². The van der Waals surface area contributed by atoms with Crippen molar-refractivity contribution in [2.45, 2.75) is 13.3 Å². The molecule has 0 aliphatic carbocycles. The maximum atomic E-state index is 12.2. The first kappa shape index (κ1) is 22.8. The molecule has 1 aliphatic heterocycles. The van der Waals surface area contributed by atoms with E-state index in [0.717, 1.165) is 47.4 Å². The fourth-order valence-electron chi connectivity index (χ4n) is 4.05. The van der Waals surface area contributed by atoms with E-state index in [0.29, 0.717) is 37.1 Å². The Morgan fingerprint density at radius 3 is 2.63 bits per heavy atom. The van der Waals surface area contributed by atoms with Gasteiger partial charge in [-0.05, 0) is 36.8 Å². The van der Waals surface area contributed by atoms with Crippen molar-refractivity contribution >= 4 is 34.3 Å². The molecule has 1 saturated heterocycles. The van der Waals surface area contributed by atoms with Crippen molar-refractivity contribution in [2.75, 3.05) is 43.1 Å². The van der Waals surface area contributed by atoms with Crippen LogP contribution >= 0.6 is 0 Å². The number of amides is 1.